The van der Waals surface area contributed by atoms with Gasteiger partial charge in [-0.1, -0.05) is 28.1 Å². The second-order valence-corrected chi connectivity index (χ2v) is 8.05. The Morgan fingerprint density at radius 3 is 2.00 bits per heavy atom. The van der Waals surface area contributed by atoms with Crippen molar-refractivity contribution >= 4 is 15.9 Å². The van der Waals surface area contributed by atoms with E-state index < -0.39 is 0 Å². The summed E-state index contributed by atoms with van der Waals surface area (Å²) in [6.07, 6.45) is 8.89. The van der Waals surface area contributed by atoms with Gasteiger partial charge in [-0.3, -0.25) is 0 Å². The maximum Gasteiger partial charge on any atom is 0.119 e. The van der Waals surface area contributed by atoms with Crippen LogP contribution < -0.4 is 4.74 Å². The fraction of sp³-hybridized carbons (Fsp3) is 0.667. The average Bonchev–Trinajstić information content (AvgIpc) is 2.44. The second kappa shape index (κ2) is 5.05. The van der Waals surface area contributed by atoms with Gasteiger partial charge in [0.25, 0.3) is 0 Å². The van der Waals surface area contributed by atoms with E-state index in [2.05, 4.69) is 40.2 Å². The summed E-state index contributed by atoms with van der Waals surface area (Å²) in [5.41, 5.74) is 2.10. The molecule has 0 radical (unpaired) electrons. The maximum atomic E-state index is 5.68. The minimum absolute atomic E-state index is 0.517. The van der Waals surface area contributed by atoms with Crippen molar-refractivity contribution in [2.45, 2.75) is 43.9 Å². The fourth-order valence-electron chi connectivity index (χ4n) is 5.53. The van der Waals surface area contributed by atoms with E-state index >= 15 is 0 Å². The van der Waals surface area contributed by atoms with Crippen molar-refractivity contribution in [3.63, 3.8) is 0 Å². The number of alkyl halides is 1. The van der Waals surface area contributed by atoms with Gasteiger partial charge < -0.3 is 4.74 Å². The van der Waals surface area contributed by atoms with Crippen LogP contribution in [0.2, 0.25) is 0 Å². The first-order valence-corrected chi connectivity index (χ1v) is 9.19. The van der Waals surface area contributed by atoms with Crippen molar-refractivity contribution in [3.05, 3.63) is 29.8 Å². The van der Waals surface area contributed by atoms with Crippen LogP contribution in [0.25, 0.3) is 0 Å². The summed E-state index contributed by atoms with van der Waals surface area (Å²) in [5.74, 6) is 4.07. The summed E-state index contributed by atoms with van der Waals surface area (Å²) in [6.45, 7) is 0.747. The van der Waals surface area contributed by atoms with E-state index in [0.717, 1.165) is 35.4 Å². The van der Waals surface area contributed by atoms with Crippen LogP contribution >= 0.6 is 15.9 Å². The molecule has 1 aromatic carbocycles. The summed E-state index contributed by atoms with van der Waals surface area (Å²) >= 11 is 3.40. The van der Waals surface area contributed by atoms with Crippen LogP contribution in [0.1, 0.15) is 44.1 Å². The Hall–Kier alpha value is -0.500. The monoisotopic (exact) mass is 334 g/mol. The third-order valence-electron chi connectivity index (χ3n) is 5.85. The highest BCUT2D eigenvalue weighted by molar-refractivity contribution is 9.09. The Labute approximate surface area is 130 Å². The standard InChI is InChI=1S/C18H23BrO/c19-5-6-20-17-3-1-16(2-4-17)18-10-13-7-14(11-18)9-15(8-13)12-18/h1-4,13-15H,5-12H2. The van der Waals surface area contributed by atoms with Crippen molar-refractivity contribution < 1.29 is 4.74 Å². The summed E-state index contributed by atoms with van der Waals surface area (Å²) in [7, 11) is 0. The summed E-state index contributed by atoms with van der Waals surface area (Å²) in [6, 6.07) is 9.04. The lowest BCUT2D eigenvalue weighted by molar-refractivity contribution is -0.00520. The molecule has 0 spiro atoms. The second-order valence-electron chi connectivity index (χ2n) is 7.26. The molecule has 4 saturated carbocycles. The van der Waals surface area contributed by atoms with E-state index in [9.17, 15) is 0 Å². The maximum absolute atomic E-state index is 5.68. The Balaban J connectivity index is 1.57. The number of ether oxygens (including phenoxy) is 1. The van der Waals surface area contributed by atoms with Crippen molar-refractivity contribution in [1.29, 1.82) is 0 Å². The highest BCUT2D eigenvalue weighted by atomic mass is 79.9. The molecular weight excluding hydrogens is 312 g/mol. The first-order valence-electron chi connectivity index (χ1n) is 8.07. The quantitative estimate of drug-likeness (QED) is 0.709. The molecule has 5 rings (SSSR count). The van der Waals surface area contributed by atoms with Crippen molar-refractivity contribution in [2.24, 2.45) is 17.8 Å². The summed E-state index contributed by atoms with van der Waals surface area (Å²) in [4.78, 5) is 0. The topological polar surface area (TPSA) is 9.23 Å². The number of hydrogen-bond acceptors (Lipinski definition) is 1. The van der Waals surface area contributed by atoms with Crippen LogP contribution in [0.3, 0.4) is 0 Å². The van der Waals surface area contributed by atoms with Gasteiger partial charge in [-0.05, 0) is 79.4 Å². The number of hydrogen-bond donors (Lipinski definition) is 0. The molecule has 0 unspecified atom stereocenters. The van der Waals surface area contributed by atoms with E-state index in [1.54, 1.807) is 5.56 Å². The van der Waals surface area contributed by atoms with Crippen molar-refractivity contribution in [2.75, 3.05) is 11.9 Å². The number of benzene rings is 1. The summed E-state index contributed by atoms with van der Waals surface area (Å²) < 4.78 is 5.68. The first kappa shape index (κ1) is 13.2. The molecule has 4 bridgehead atoms. The SMILES string of the molecule is BrCCOc1ccc(C23CC4CC(CC(C4)C2)C3)cc1. The zero-order valence-corrected chi connectivity index (χ0v) is 13.6. The molecule has 4 aliphatic carbocycles. The highest BCUT2D eigenvalue weighted by Gasteiger charge is 2.51. The molecule has 0 heterocycles. The lowest BCUT2D eigenvalue weighted by Gasteiger charge is -2.57. The molecule has 0 N–H and O–H groups in total. The van der Waals surface area contributed by atoms with Gasteiger partial charge in [0, 0.05) is 5.33 Å². The minimum Gasteiger partial charge on any atom is -0.493 e. The molecule has 1 nitrogen and oxygen atoms in total. The predicted octanol–water partition coefficient (Wildman–Crippen LogP) is 4.93. The molecule has 4 aliphatic rings. The predicted molar refractivity (Wildman–Crippen MR) is 85.6 cm³/mol. The third-order valence-corrected chi connectivity index (χ3v) is 6.17. The van der Waals surface area contributed by atoms with Crippen molar-refractivity contribution in [3.8, 4) is 5.75 Å². The van der Waals surface area contributed by atoms with Gasteiger partial charge in [-0.15, -0.1) is 0 Å². The van der Waals surface area contributed by atoms with Crippen LogP contribution in [-0.4, -0.2) is 11.9 Å². The van der Waals surface area contributed by atoms with E-state index in [0.29, 0.717) is 5.41 Å². The third kappa shape index (κ3) is 2.20. The normalized spacial score (nSPS) is 38.1. The molecule has 2 heteroatoms. The van der Waals surface area contributed by atoms with E-state index in [1.165, 1.54) is 38.5 Å². The zero-order chi connectivity index (χ0) is 13.6. The molecule has 108 valence electrons. The first-order chi connectivity index (χ1) is 9.77. The summed E-state index contributed by atoms with van der Waals surface area (Å²) in [5, 5.41) is 0.893. The lowest BCUT2D eigenvalue weighted by atomic mass is 9.48. The Kier molecular flexibility index (Phi) is 3.33. The van der Waals surface area contributed by atoms with E-state index in [-0.39, 0.29) is 0 Å². The van der Waals surface area contributed by atoms with Crippen LogP contribution in [0.15, 0.2) is 24.3 Å². The largest absolute Gasteiger partial charge is 0.493 e. The fourth-order valence-corrected chi connectivity index (χ4v) is 5.69. The molecular formula is C18H23BrO. The van der Waals surface area contributed by atoms with Crippen LogP contribution in [0.5, 0.6) is 5.75 Å². The smallest absolute Gasteiger partial charge is 0.119 e. The van der Waals surface area contributed by atoms with E-state index in [1.807, 2.05) is 0 Å². The van der Waals surface area contributed by atoms with Crippen LogP contribution in [0, 0.1) is 17.8 Å². The van der Waals surface area contributed by atoms with E-state index in [4.69, 9.17) is 4.74 Å². The molecule has 0 aliphatic heterocycles. The van der Waals surface area contributed by atoms with Gasteiger partial charge in [0.1, 0.15) is 5.75 Å². The Bertz CT molecular complexity index is 443. The van der Waals surface area contributed by atoms with Crippen LogP contribution in [0.4, 0.5) is 0 Å². The highest BCUT2D eigenvalue weighted by Crippen LogP contribution is 2.60. The van der Waals surface area contributed by atoms with Gasteiger partial charge in [0.2, 0.25) is 0 Å². The lowest BCUT2D eigenvalue weighted by Crippen LogP contribution is -2.48. The molecule has 0 saturated heterocycles. The van der Waals surface area contributed by atoms with Gasteiger partial charge in [-0.25, -0.2) is 0 Å². The Morgan fingerprint density at radius 1 is 0.950 bits per heavy atom. The van der Waals surface area contributed by atoms with Crippen molar-refractivity contribution in [1.82, 2.24) is 0 Å². The molecule has 0 atom stereocenters. The number of rotatable bonds is 4. The van der Waals surface area contributed by atoms with Gasteiger partial charge >= 0.3 is 0 Å². The van der Waals surface area contributed by atoms with Crippen LogP contribution in [-0.2, 0) is 5.41 Å². The molecule has 0 aromatic heterocycles. The Morgan fingerprint density at radius 2 is 1.50 bits per heavy atom. The minimum atomic E-state index is 0.517. The molecule has 1 aromatic rings. The van der Waals surface area contributed by atoms with Gasteiger partial charge in [0.05, 0.1) is 6.61 Å². The average molecular weight is 335 g/mol. The number of halogens is 1. The molecule has 4 fully saturated rings. The molecule has 20 heavy (non-hydrogen) atoms. The van der Waals surface area contributed by atoms with Gasteiger partial charge in [-0.2, -0.15) is 0 Å². The van der Waals surface area contributed by atoms with Gasteiger partial charge in [0.15, 0.2) is 0 Å². The zero-order valence-electron chi connectivity index (χ0n) is 12.0. The molecule has 0 amide bonds.